The Morgan fingerprint density at radius 2 is 1.46 bits per heavy atom. The van der Waals surface area contributed by atoms with Gasteiger partial charge >= 0.3 is 0 Å². The van der Waals surface area contributed by atoms with Crippen molar-refractivity contribution in [3.8, 4) is 17.2 Å². The first-order chi connectivity index (χ1) is 25.3. The van der Waals surface area contributed by atoms with Crippen molar-refractivity contribution in [3.05, 3.63) is 116 Å². The van der Waals surface area contributed by atoms with E-state index in [1.54, 1.807) is 37.4 Å². The molecule has 2 heterocycles. The number of nitrogens with zero attached hydrogens (tertiary/aromatic N) is 1. The van der Waals surface area contributed by atoms with Gasteiger partial charge in [0, 0.05) is 28.3 Å². The fourth-order valence-corrected chi connectivity index (χ4v) is 6.55. The van der Waals surface area contributed by atoms with Gasteiger partial charge in [-0.15, -0.1) is 0 Å². The number of carbonyl (C=O) groups is 1. The lowest BCUT2D eigenvalue weighted by Gasteiger charge is -2.28. The normalized spacial score (nSPS) is 16.3. The highest BCUT2D eigenvalue weighted by Crippen LogP contribution is 2.36. The molecule has 13 heteroatoms. The molecule has 2 unspecified atom stereocenters. The molecule has 12 nitrogen and oxygen atoms in total. The van der Waals surface area contributed by atoms with E-state index < -0.39 is 12.3 Å². The minimum atomic E-state index is -0.464. The molecule has 2 aliphatic rings. The van der Waals surface area contributed by atoms with Gasteiger partial charge < -0.3 is 50.1 Å². The number of rotatable bonds is 16. The summed E-state index contributed by atoms with van der Waals surface area (Å²) in [5, 5.41) is 50.4. The number of unbranched alkanes of at least 4 members (excludes halogenated alkanes) is 2. The van der Waals surface area contributed by atoms with Crippen LogP contribution in [0.2, 0.25) is 5.02 Å². The molecular formula is C39H42ClN3O9. The largest absolute Gasteiger partial charge is 0.493 e. The Balaban J connectivity index is 0.979. The number of anilines is 1. The summed E-state index contributed by atoms with van der Waals surface area (Å²) in [4.78, 5) is 18.4. The lowest BCUT2D eigenvalue weighted by Crippen LogP contribution is -2.38. The lowest BCUT2D eigenvalue weighted by molar-refractivity contribution is 0.0853. The molecule has 0 aromatic heterocycles. The zero-order chi connectivity index (χ0) is 36.6. The van der Waals surface area contributed by atoms with E-state index in [1.165, 1.54) is 0 Å². The number of hydrogen-bond donors (Lipinski definition) is 6. The van der Waals surface area contributed by atoms with Crippen molar-refractivity contribution in [2.75, 3.05) is 25.6 Å². The summed E-state index contributed by atoms with van der Waals surface area (Å²) in [7, 11) is 1.59. The molecule has 2 aliphatic heterocycles. The predicted octanol–water partition coefficient (Wildman–Crippen LogP) is 5.67. The molecule has 1 amide bonds. The summed E-state index contributed by atoms with van der Waals surface area (Å²) in [6.07, 6.45) is 2.00. The molecule has 0 aliphatic carbocycles. The molecule has 0 spiro atoms. The van der Waals surface area contributed by atoms with Crippen molar-refractivity contribution in [1.82, 2.24) is 5.32 Å². The topological polar surface area (TPSA) is 171 Å². The van der Waals surface area contributed by atoms with Gasteiger partial charge in [-0.1, -0.05) is 22.8 Å². The van der Waals surface area contributed by atoms with Crippen LogP contribution in [0.15, 0.2) is 71.9 Å². The zero-order valence-corrected chi connectivity index (χ0v) is 29.5. The number of ether oxygens (including phenoxy) is 3. The first-order valence-electron chi connectivity index (χ1n) is 17.1. The van der Waals surface area contributed by atoms with Crippen LogP contribution < -0.4 is 24.8 Å². The third-order valence-corrected chi connectivity index (χ3v) is 9.42. The van der Waals surface area contributed by atoms with E-state index in [0.717, 1.165) is 41.7 Å². The van der Waals surface area contributed by atoms with E-state index in [4.69, 9.17) is 30.6 Å². The number of halogens is 1. The highest BCUT2D eigenvalue weighted by atomic mass is 35.5. The SMILES string of the molecule is COc1ccc(C2=NOC(c3cc(CO)c(CO)c(CO)c3)C2)cc1OCCCCCOc1ccc(C2NC(=O)c3cc(Cl)ccc3N2)cc1CO. The van der Waals surface area contributed by atoms with Crippen molar-refractivity contribution < 1.29 is 44.3 Å². The van der Waals surface area contributed by atoms with Crippen molar-refractivity contribution in [1.29, 1.82) is 0 Å². The molecule has 0 radical (unpaired) electrons. The number of nitrogens with one attached hydrogen (secondary N) is 2. The zero-order valence-electron chi connectivity index (χ0n) is 28.7. The third kappa shape index (κ3) is 8.27. The Bertz CT molecular complexity index is 1910. The Labute approximate surface area is 306 Å². The van der Waals surface area contributed by atoms with Gasteiger partial charge in [-0.25, -0.2) is 0 Å². The predicted molar refractivity (Wildman–Crippen MR) is 195 cm³/mol. The maximum atomic E-state index is 12.7. The average molecular weight is 732 g/mol. The van der Waals surface area contributed by atoms with E-state index in [-0.39, 0.29) is 32.3 Å². The molecule has 4 aromatic rings. The van der Waals surface area contributed by atoms with Crippen LogP contribution in [0.25, 0.3) is 0 Å². The number of methoxy groups -OCH3 is 1. The average Bonchev–Trinajstić information content (AvgIpc) is 3.67. The third-order valence-electron chi connectivity index (χ3n) is 9.19. The van der Waals surface area contributed by atoms with Crippen molar-refractivity contribution in [3.63, 3.8) is 0 Å². The second-order valence-corrected chi connectivity index (χ2v) is 13.0. The Morgan fingerprint density at radius 1 is 0.769 bits per heavy atom. The second-order valence-electron chi connectivity index (χ2n) is 12.5. The molecule has 274 valence electrons. The quantitative estimate of drug-likeness (QED) is 0.0790. The van der Waals surface area contributed by atoms with Crippen LogP contribution in [0.1, 0.15) is 87.3 Å². The molecule has 2 atom stereocenters. The number of oxime groups is 1. The van der Waals surface area contributed by atoms with Crippen LogP contribution >= 0.6 is 11.6 Å². The van der Waals surface area contributed by atoms with Gasteiger partial charge in [0.15, 0.2) is 17.6 Å². The Kier molecular flexibility index (Phi) is 12.2. The number of aliphatic hydroxyl groups is 4. The fourth-order valence-electron chi connectivity index (χ4n) is 6.38. The van der Waals surface area contributed by atoms with Gasteiger partial charge in [0.2, 0.25) is 0 Å². The lowest BCUT2D eigenvalue weighted by atomic mass is 9.93. The highest BCUT2D eigenvalue weighted by molar-refractivity contribution is 6.31. The molecule has 0 fully saturated rings. The first kappa shape index (κ1) is 36.9. The van der Waals surface area contributed by atoms with Crippen LogP contribution in [0.5, 0.6) is 17.2 Å². The number of carbonyl (C=O) groups excluding carboxylic acids is 1. The molecule has 0 bridgehead atoms. The monoisotopic (exact) mass is 731 g/mol. The van der Waals surface area contributed by atoms with Crippen molar-refractivity contribution in [2.45, 2.75) is 64.4 Å². The molecule has 4 aromatic carbocycles. The van der Waals surface area contributed by atoms with E-state index in [2.05, 4.69) is 15.8 Å². The van der Waals surface area contributed by atoms with Crippen LogP contribution in [0, 0.1) is 0 Å². The second kappa shape index (κ2) is 17.1. The standard InChI is InChI=1S/C39H42ClN3O9/c1-49-35-10-5-23(33-18-36(52-43-33)25-14-26(19-44)31(22-47)27(15-25)20-45)16-37(35)51-12-4-2-3-11-50-34-9-6-24(13-28(34)21-46)38-41-32-8-7-29(40)17-30(32)39(48)42-38/h5-10,13-17,36,38,41,44-47H,2-4,11-12,18-22H2,1H3,(H,42,48). The maximum Gasteiger partial charge on any atom is 0.255 e. The van der Waals surface area contributed by atoms with Gasteiger partial charge in [0.1, 0.15) is 11.9 Å². The van der Waals surface area contributed by atoms with Gasteiger partial charge in [-0.3, -0.25) is 4.79 Å². The van der Waals surface area contributed by atoms with Gasteiger partial charge in [-0.2, -0.15) is 0 Å². The Morgan fingerprint density at radius 3 is 2.15 bits per heavy atom. The number of fused-ring (bicyclic) bond motifs is 1. The number of aliphatic hydroxyl groups excluding tert-OH is 4. The number of benzene rings is 4. The molecule has 0 saturated carbocycles. The van der Waals surface area contributed by atoms with E-state index in [9.17, 15) is 25.2 Å². The maximum absolute atomic E-state index is 12.7. The summed E-state index contributed by atoms with van der Waals surface area (Å²) in [6, 6.07) is 19.8. The van der Waals surface area contributed by atoms with Gasteiger partial charge in [0.05, 0.1) is 58.0 Å². The van der Waals surface area contributed by atoms with Crippen LogP contribution in [-0.4, -0.2) is 52.4 Å². The summed E-state index contributed by atoms with van der Waals surface area (Å²) in [5.41, 5.74) is 6.48. The minimum absolute atomic E-state index is 0.211. The Hall–Kier alpha value is -4.85. The fraction of sp³-hybridized carbons (Fsp3) is 0.333. The minimum Gasteiger partial charge on any atom is -0.493 e. The van der Waals surface area contributed by atoms with Crippen LogP contribution in [0.4, 0.5) is 5.69 Å². The van der Waals surface area contributed by atoms with Crippen LogP contribution in [-0.2, 0) is 31.3 Å². The summed E-state index contributed by atoms with van der Waals surface area (Å²) in [6.45, 7) is -0.105. The van der Waals surface area contributed by atoms with Crippen LogP contribution in [0.3, 0.4) is 0 Å². The molecule has 6 N–H and O–H groups in total. The van der Waals surface area contributed by atoms with Crippen molar-refractivity contribution in [2.24, 2.45) is 5.16 Å². The number of hydrogen-bond acceptors (Lipinski definition) is 11. The van der Waals surface area contributed by atoms with Crippen molar-refractivity contribution >= 4 is 28.9 Å². The van der Waals surface area contributed by atoms with E-state index >= 15 is 0 Å². The van der Waals surface area contributed by atoms with Gasteiger partial charge in [-0.05, 0) is 108 Å². The summed E-state index contributed by atoms with van der Waals surface area (Å²) < 4.78 is 17.7. The summed E-state index contributed by atoms with van der Waals surface area (Å²) >= 11 is 6.05. The molecular weight excluding hydrogens is 690 g/mol. The smallest absolute Gasteiger partial charge is 0.255 e. The van der Waals surface area contributed by atoms with E-state index in [0.29, 0.717) is 75.4 Å². The first-order valence-corrected chi connectivity index (χ1v) is 17.5. The highest BCUT2D eigenvalue weighted by Gasteiger charge is 2.27. The summed E-state index contributed by atoms with van der Waals surface area (Å²) in [5.74, 6) is 1.54. The van der Waals surface area contributed by atoms with Gasteiger partial charge in [0.25, 0.3) is 5.91 Å². The number of amides is 1. The molecule has 6 rings (SSSR count). The molecule has 0 saturated heterocycles. The molecule has 52 heavy (non-hydrogen) atoms. The van der Waals surface area contributed by atoms with E-state index in [1.807, 2.05) is 36.4 Å².